The molecule has 0 heterocycles. The van der Waals surface area contributed by atoms with E-state index < -0.39 is 15.8 Å². The molecule has 20 heavy (non-hydrogen) atoms. The Morgan fingerprint density at radius 3 is 2.75 bits per heavy atom. The van der Waals surface area contributed by atoms with Gasteiger partial charge in [0, 0.05) is 6.54 Å². The summed E-state index contributed by atoms with van der Waals surface area (Å²) < 4.78 is 40.2. The Kier molecular flexibility index (Phi) is 4.56. The van der Waals surface area contributed by atoms with Gasteiger partial charge in [0.25, 0.3) is 0 Å². The third kappa shape index (κ3) is 3.24. The van der Waals surface area contributed by atoms with E-state index in [2.05, 4.69) is 11.6 Å². The van der Waals surface area contributed by atoms with Crippen LogP contribution in [0, 0.1) is 17.7 Å². The van der Waals surface area contributed by atoms with Crippen molar-refractivity contribution in [2.45, 2.75) is 31.1 Å². The van der Waals surface area contributed by atoms with E-state index in [4.69, 9.17) is 17.3 Å². The summed E-state index contributed by atoms with van der Waals surface area (Å²) in [4.78, 5) is -0.177. The standard InChI is InChI=1S/C13H18ClFN2O2S/c1-8-3-2-4-9(8)7-17-20(18,19)13-6-12(16)11(15)5-10(13)14/h5-6,8-9,17H,2-4,7,16H2,1H3. The van der Waals surface area contributed by atoms with Gasteiger partial charge in [-0.05, 0) is 30.4 Å². The maximum Gasteiger partial charge on any atom is 0.242 e. The summed E-state index contributed by atoms with van der Waals surface area (Å²) in [7, 11) is -3.77. The molecule has 3 N–H and O–H groups in total. The highest BCUT2D eigenvalue weighted by atomic mass is 35.5. The third-order valence-corrected chi connectivity index (χ3v) is 5.80. The van der Waals surface area contributed by atoms with Crippen LogP contribution in [0.15, 0.2) is 17.0 Å². The van der Waals surface area contributed by atoms with Gasteiger partial charge in [-0.1, -0.05) is 31.4 Å². The largest absolute Gasteiger partial charge is 0.396 e. The zero-order valence-electron chi connectivity index (χ0n) is 11.2. The Bertz CT molecular complexity index is 607. The number of hydrogen-bond acceptors (Lipinski definition) is 3. The fourth-order valence-electron chi connectivity index (χ4n) is 2.57. The highest BCUT2D eigenvalue weighted by Crippen LogP contribution is 2.31. The SMILES string of the molecule is CC1CCCC1CNS(=O)(=O)c1cc(N)c(F)cc1Cl. The van der Waals surface area contributed by atoms with Gasteiger partial charge in [-0.2, -0.15) is 0 Å². The van der Waals surface area contributed by atoms with E-state index in [1.54, 1.807) is 0 Å². The summed E-state index contributed by atoms with van der Waals surface area (Å²) in [6.07, 6.45) is 3.26. The average Bonchev–Trinajstić information content (AvgIpc) is 2.77. The summed E-state index contributed by atoms with van der Waals surface area (Å²) >= 11 is 5.80. The lowest BCUT2D eigenvalue weighted by Crippen LogP contribution is -2.30. The molecule has 0 amide bonds. The molecule has 0 saturated heterocycles. The van der Waals surface area contributed by atoms with Crippen molar-refractivity contribution in [3.63, 3.8) is 0 Å². The number of hydrogen-bond donors (Lipinski definition) is 2. The third-order valence-electron chi connectivity index (χ3n) is 3.92. The van der Waals surface area contributed by atoms with Gasteiger partial charge in [-0.3, -0.25) is 0 Å². The van der Waals surface area contributed by atoms with Crippen molar-refractivity contribution in [1.29, 1.82) is 0 Å². The van der Waals surface area contributed by atoms with Crippen LogP contribution >= 0.6 is 11.6 Å². The van der Waals surface area contributed by atoms with Crippen LogP contribution in [0.2, 0.25) is 5.02 Å². The molecule has 0 bridgehead atoms. The number of nitrogens with two attached hydrogens (primary N) is 1. The van der Waals surface area contributed by atoms with Crippen molar-refractivity contribution in [3.05, 3.63) is 23.0 Å². The van der Waals surface area contributed by atoms with Crippen molar-refractivity contribution >= 4 is 27.3 Å². The van der Waals surface area contributed by atoms with Crippen LogP contribution in [0.25, 0.3) is 0 Å². The van der Waals surface area contributed by atoms with Gasteiger partial charge in [0.15, 0.2) is 0 Å². The molecule has 7 heteroatoms. The first-order valence-electron chi connectivity index (χ1n) is 6.55. The van der Waals surface area contributed by atoms with Crippen molar-refractivity contribution in [3.8, 4) is 0 Å². The quantitative estimate of drug-likeness (QED) is 0.838. The molecule has 0 aromatic heterocycles. The van der Waals surface area contributed by atoms with Crippen molar-refractivity contribution in [2.75, 3.05) is 12.3 Å². The Morgan fingerprint density at radius 2 is 2.15 bits per heavy atom. The normalized spacial score (nSPS) is 23.1. The van der Waals surface area contributed by atoms with Crippen LogP contribution in [-0.4, -0.2) is 15.0 Å². The van der Waals surface area contributed by atoms with Gasteiger partial charge < -0.3 is 5.73 Å². The molecule has 2 rings (SSSR count). The number of rotatable bonds is 4. The van der Waals surface area contributed by atoms with E-state index in [-0.39, 0.29) is 15.6 Å². The van der Waals surface area contributed by atoms with Crippen LogP contribution in [0.1, 0.15) is 26.2 Å². The predicted molar refractivity (Wildman–Crippen MR) is 77.5 cm³/mol. The number of nitrogen functional groups attached to an aromatic ring is 1. The second-order valence-electron chi connectivity index (χ2n) is 5.32. The average molecular weight is 321 g/mol. The number of nitrogens with one attached hydrogen (secondary N) is 1. The highest BCUT2D eigenvalue weighted by Gasteiger charge is 2.26. The maximum absolute atomic E-state index is 13.2. The molecule has 0 radical (unpaired) electrons. The molecular formula is C13H18ClFN2O2S. The summed E-state index contributed by atoms with van der Waals surface area (Å²) in [6.45, 7) is 2.49. The minimum atomic E-state index is -3.77. The van der Waals surface area contributed by atoms with Crippen LogP contribution in [0.5, 0.6) is 0 Å². The molecule has 1 aliphatic carbocycles. The lowest BCUT2D eigenvalue weighted by atomic mass is 9.99. The second kappa shape index (κ2) is 5.87. The predicted octanol–water partition coefficient (Wildman–Crippen LogP) is 2.78. The fourth-order valence-corrected chi connectivity index (χ4v) is 4.21. The topological polar surface area (TPSA) is 72.2 Å². The Hall–Kier alpha value is -0.850. The molecular weight excluding hydrogens is 303 g/mol. The molecule has 2 unspecified atom stereocenters. The molecule has 1 fully saturated rings. The molecule has 112 valence electrons. The molecule has 1 saturated carbocycles. The van der Waals surface area contributed by atoms with Gasteiger partial charge in [0.2, 0.25) is 10.0 Å². The van der Waals surface area contributed by atoms with Gasteiger partial charge in [0.1, 0.15) is 10.7 Å². The fraction of sp³-hybridized carbons (Fsp3) is 0.538. The lowest BCUT2D eigenvalue weighted by Gasteiger charge is -2.16. The van der Waals surface area contributed by atoms with Crippen molar-refractivity contribution < 1.29 is 12.8 Å². The molecule has 4 nitrogen and oxygen atoms in total. The maximum atomic E-state index is 13.2. The van der Waals surface area contributed by atoms with Gasteiger partial charge in [-0.15, -0.1) is 0 Å². The first-order valence-corrected chi connectivity index (χ1v) is 8.41. The molecule has 1 aromatic rings. The summed E-state index contributed by atoms with van der Waals surface area (Å²) in [5.41, 5.74) is 5.17. The van der Waals surface area contributed by atoms with Crippen LogP contribution in [0.4, 0.5) is 10.1 Å². The van der Waals surface area contributed by atoms with Crippen molar-refractivity contribution in [2.24, 2.45) is 11.8 Å². The minimum absolute atomic E-state index is 0.163. The Morgan fingerprint density at radius 1 is 1.45 bits per heavy atom. The zero-order valence-corrected chi connectivity index (χ0v) is 12.8. The van der Waals surface area contributed by atoms with E-state index in [1.165, 1.54) is 0 Å². The lowest BCUT2D eigenvalue weighted by molar-refractivity contribution is 0.414. The van der Waals surface area contributed by atoms with Crippen LogP contribution < -0.4 is 10.5 Å². The van der Waals surface area contributed by atoms with E-state index in [1.807, 2.05) is 0 Å². The molecule has 1 aromatic carbocycles. The molecule has 0 spiro atoms. The second-order valence-corrected chi connectivity index (χ2v) is 7.47. The van der Waals surface area contributed by atoms with Crippen LogP contribution in [0.3, 0.4) is 0 Å². The van der Waals surface area contributed by atoms with Gasteiger partial charge in [0.05, 0.1) is 10.7 Å². The molecule has 1 aliphatic rings. The zero-order chi connectivity index (χ0) is 14.9. The first-order chi connectivity index (χ1) is 9.31. The first kappa shape index (κ1) is 15.5. The number of halogens is 2. The monoisotopic (exact) mass is 320 g/mol. The van der Waals surface area contributed by atoms with Crippen molar-refractivity contribution in [1.82, 2.24) is 4.72 Å². The Labute approximate surface area is 123 Å². The number of anilines is 1. The summed E-state index contributed by atoms with van der Waals surface area (Å²) in [5.74, 6) is 0.117. The minimum Gasteiger partial charge on any atom is -0.396 e. The highest BCUT2D eigenvalue weighted by molar-refractivity contribution is 7.89. The molecule has 0 aliphatic heterocycles. The van der Waals surface area contributed by atoms with Gasteiger partial charge >= 0.3 is 0 Å². The number of benzene rings is 1. The molecule has 2 atom stereocenters. The van der Waals surface area contributed by atoms with E-state index >= 15 is 0 Å². The van der Waals surface area contributed by atoms with Crippen LogP contribution in [-0.2, 0) is 10.0 Å². The van der Waals surface area contributed by atoms with Gasteiger partial charge in [-0.25, -0.2) is 17.5 Å². The summed E-state index contributed by atoms with van der Waals surface area (Å²) in [5, 5.41) is -0.163. The van der Waals surface area contributed by atoms with E-state index in [9.17, 15) is 12.8 Å². The van der Waals surface area contributed by atoms with E-state index in [0.717, 1.165) is 31.4 Å². The Balaban J connectivity index is 2.16. The number of sulfonamides is 1. The van der Waals surface area contributed by atoms with E-state index in [0.29, 0.717) is 18.4 Å². The summed E-state index contributed by atoms with van der Waals surface area (Å²) in [6, 6.07) is 1.97. The smallest absolute Gasteiger partial charge is 0.242 e.